The Morgan fingerprint density at radius 3 is 2.81 bits per heavy atom. The molecule has 1 aromatic carbocycles. The number of rotatable bonds is 5. The van der Waals surface area contributed by atoms with E-state index in [0.717, 1.165) is 11.3 Å². The lowest BCUT2D eigenvalue weighted by atomic mass is 10.2. The molecule has 3 aromatic rings. The fourth-order valence-electron chi connectivity index (χ4n) is 2.57. The molecule has 0 unspecified atom stereocenters. The molecule has 0 spiro atoms. The summed E-state index contributed by atoms with van der Waals surface area (Å²) >= 11 is 6.99. The van der Waals surface area contributed by atoms with Crippen LogP contribution in [-0.4, -0.2) is 26.5 Å². The molecule has 9 heteroatoms. The Morgan fingerprint density at radius 2 is 2.15 bits per heavy atom. The quantitative estimate of drug-likeness (QED) is 0.696. The van der Waals surface area contributed by atoms with E-state index in [4.69, 9.17) is 11.6 Å². The minimum Gasteiger partial charge on any atom is -0.478 e. The van der Waals surface area contributed by atoms with Gasteiger partial charge in [0.25, 0.3) is 5.56 Å². The summed E-state index contributed by atoms with van der Waals surface area (Å²) in [5, 5.41) is 13.8. The number of nitrogens with one attached hydrogen (secondary N) is 1. The zero-order valence-corrected chi connectivity index (χ0v) is 15.2. The standard InChI is InChI=1S/C17H14ClN3O4S/c1-2-12-20-15-14(11(8-26-15)17(24)25)16(23)21(12)7-13(22)19-10-5-3-4-9(18)6-10/h3-6,8H,2,7H2,1H3,(H,19,22)(H,24,25). The van der Waals surface area contributed by atoms with E-state index < -0.39 is 17.4 Å². The van der Waals surface area contributed by atoms with Crippen molar-refractivity contribution in [2.24, 2.45) is 0 Å². The highest BCUT2D eigenvalue weighted by Crippen LogP contribution is 2.22. The van der Waals surface area contributed by atoms with Gasteiger partial charge in [-0.25, -0.2) is 9.78 Å². The Morgan fingerprint density at radius 1 is 1.38 bits per heavy atom. The first-order valence-electron chi connectivity index (χ1n) is 7.70. The topological polar surface area (TPSA) is 101 Å². The SMILES string of the molecule is CCc1nc2scc(C(=O)O)c2c(=O)n1CC(=O)Nc1cccc(Cl)c1. The Bertz CT molecular complexity index is 1070. The van der Waals surface area contributed by atoms with Crippen molar-refractivity contribution in [2.75, 3.05) is 5.32 Å². The zero-order chi connectivity index (χ0) is 18.8. The number of benzene rings is 1. The molecule has 134 valence electrons. The van der Waals surface area contributed by atoms with Crippen LogP contribution in [0.5, 0.6) is 0 Å². The maximum Gasteiger partial charge on any atom is 0.337 e. The summed E-state index contributed by atoms with van der Waals surface area (Å²) in [5.41, 5.74) is -0.134. The highest BCUT2D eigenvalue weighted by molar-refractivity contribution is 7.17. The average molecular weight is 392 g/mol. The van der Waals surface area contributed by atoms with Crippen LogP contribution < -0.4 is 10.9 Å². The number of fused-ring (bicyclic) bond motifs is 1. The van der Waals surface area contributed by atoms with Gasteiger partial charge in [-0.2, -0.15) is 0 Å². The van der Waals surface area contributed by atoms with Gasteiger partial charge in [0, 0.05) is 22.5 Å². The van der Waals surface area contributed by atoms with E-state index in [2.05, 4.69) is 10.3 Å². The number of amides is 1. The van der Waals surface area contributed by atoms with E-state index in [-0.39, 0.29) is 17.5 Å². The summed E-state index contributed by atoms with van der Waals surface area (Å²) in [6.07, 6.45) is 0.427. The van der Waals surface area contributed by atoms with Crippen molar-refractivity contribution in [3.63, 3.8) is 0 Å². The highest BCUT2D eigenvalue weighted by atomic mass is 35.5. The molecule has 2 heterocycles. The first-order chi connectivity index (χ1) is 12.4. The molecule has 0 atom stereocenters. The molecule has 0 radical (unpaired) electrons. The van der Waals surface area contributed by atoms with Crippen LogP contribution in [0.1, 0.15) is 23.1 Å². The van der Waals surface area contributed by atoms with Gasteiger partial charge < -0.3 is 10.4 Å². The van der Waals surface area contributed by atoms with Gasteiger partial charge >= 0.3 is 5.97 Å². The van der Waals surface area contributed by atoms with Crippen LogP contribution >= 0.6 is 22.9 Å². The van der Waals surface area contributed by atoms with Crippen LogP contribution in [0.15, 0.2) is 34.4 Å². The van der Waals surface area contributed by atoms with Gasteiger partial charge in [-0.1, -0.05) is 24.6 Å². The molecule has 2 N–H and O–H groups in total. The predicted molar refractivity (Wildman–Crippen MR) is 100 cm³/mol. The molecule has 7 nitrogen and oxygen atoms in total. The summed E-state index contributed by atoms with van der Waals surface area (Å²) in [7, 11) is 0. The van der Waals surface area contributed by atoms with Gasteiger partial charge in [0.05, 0.1) is 10.9 Å². The van der Waals surface area contributed by atoms with Crippen LogP contribution in [0.2, 0.25) is 5.02 Å². The molecule has 3 rings (SSSR count). The number of carbonyl (C=O) groups excluding carboxylic acids is 1. The highest BCUT2D eigenvalue weighted by Gasteiger charge is 2.20. The van der Waals surface area contributed by atoms with Crippen molar-refractivity contribution >= 4 is 50.7 Å². The van der Waals surface area contributed by atoms with Crippen molar-refractivity contribution in [2.45, 2.75) is 19.9 Å². The summed E-state index contributed by atoms with van der Waals surface area (Å²) in [5.74, 6) is -1.21. The van der Waals surface area contributed by atoms with Gasteiger partial charge in [0.1, 0.15) is 17.2 Å². The van der Waals surface area contributed by atoms with Crippen molar-refractivity contribution in [3.05, 3.63) is 56.4 Å². The van der Waals surface area contributed by atoms with Crippen LogP contribution in [0.25, 0.3) is 10.2 Å². The van der Waals surface area contributed by atoms with Crippen molar-refractivity contribution < 1.29 is 14.7 Å². The van der Waals surface area contributed by atoms with E-state index in [1.165, 1.54) is 9.95 Å². The second kappa shape index (κ2) is 7.27. The Labute approximate surface area is 156 Å². The number of hydrogen-bond acceptors (Lipinski definition) is 5. The molecule has 26 heavy (non-hydrogen) atoms. The molecule has 0 saturated carbocycles. The third kappa shape index (κ3) is 3.47. The minimum absolute atomic E-state index is 0.0234. The lowest BCUT2D eigenvalue weighted by Crippen LogP contribution is -2.31. The fraction of sp³-hybridized carbons (Fsp3) is 0.176. The molecule has 0 aliphatic carbocycles. The summed E-state index contributed by atoms with van der Waals surface area (Å²) < 4.78 is 1.21. The summed E-state index contributed by atoms with van der Waals surface area (Å²) in [6, 6.07) is 6.64. The average Bonchev–Trinajstić information content (AvgIpc) is 3.01. The summed E-state index contributed by atoms with van der Waals surface area (Å²) in [6.45, 7) is 1.54. The summed E-state index contributed by atoms with van der Waals surface area (Å²) in [4.78, 5) is 41.2. The molecule has 1 amide bonds. The van der Waals surface area contributed by atoms with Crippen molar-refractivity contribution in [1.29, 1.82) is 0 Å². The zero-order valence-electron chi connectivity index (χ0n) is 13.7. The van der Waals surface area contributed by atoms with E-state index in [9.17, 15) is 19.5 Å². The van der Waals surface area contributed by atoms with Crippen molar-refractivity contribution in [3.8, 4) is 0 Å². The van der Waals surface area contributed by atoms with E-state index in [1.54, 1.807) is 24.3 Å². The lowest BCUT2D eigenvalue weighted by Gasteiger charge is -2.12. The van der Waals surface area contributed by atoms with Crippen LogP contribution in [0.3, 0.4) is 0 Å². The number of halogens is 1. The van der Waals surface area contributed by atoms with E-state index in [0.29, 0.717) is 27.8 Å². The number of aromatic carboxylic acids is 1. The smallest absolute Gasteiger partial charge is 0.337 e. The van der Waals surface area contributed by atoms with Crippen molar-refractivity contribution in [1.82, 2.24) is 9.55 Å². The Hall–Kier alpha value is -2.71. The second-order valence-corrected chi connectivity index (χ2v) is 6.76. The van der Waals surface area contributed by atoms with Gasteiger partial charge in [-0.05, 0) is 18.2 Å². The number of anilines is 1. The largest absolute Gasteiger partial charge is 0.478 e. The third-order valence-corrected chi connectivity index (χ3v) is 4.84. The second-order valence-electron chi connectivity index (χ2n) is 5.47. The van der Waals surface area contributed by atoms with Crippen LogP contribution in [-0.2, 0) is 17.8 Å². The monoisotopic (exact) mass is 391 g/mol. The number of carbonyl (C=O) groups is 2. The number of carboxylic acid groups (broad SMARTS) is 1. The normalized spacial score (nSPS) is 10.8. The van der Waals surface area contributed by atoms with E-state index in [1.807, 2.05) is 6.92 Å². The molecule has 0 fully saturated rings. The molecule has 2 aromatic heterocycles. The predicted octanol–water partition coefficient (Wildman–Crippen LogP) is 3.01. The van der Waals surface area contributed by atoms with Gasteiger partial charge in [0.2, 0.25) is 5.91 Å². The maximum absolute atomic E-state index is 12.8. The number of aromatic nitrogens is 2. The molecule has 0 saturated heterocycles. The Kier molecular flexibility index (Phi) is 5.06. The minimum atomic E-state index is -1.20. The van der Waals surface area contributed by atoms with Gasteiger partial charge in [0.15, 0.2) is 0 Å². The molecular formula is C17H14ClN3O4S. The first kappa shape index (κ1) is 18.1. The number of thiophene rings is 1. The Balaban J connectivity index is 1.99. The van der Waals surface area contributed by atoms with Gasteiger partial charge in [-0.3, -0.25) is 14.2 Å². The van der Waals surface area contributed by atoms with Crippen LogP contribution in [0, 0.1) is 0 Å². The van der Waals surface area contributed by atoms with Crippen LogP contribution in [0.4, 0.5) is 5.69 Å². The molecule has 0 aliphatic heterocycles. The fourth-order valence-corrected chi connectivity index (χ4v) is 3.68. The molecular weight excluding hydrogens is 378 g/mol. The third-order valence-electron chi connectivity index (χ3n) is 3.73. The first-order valence-corrected chi connectivity index (χ1v) is 8.96. The lowest BCUT2D eigenvalue weighted by molar-refractivity contribution is -0.116. The number of nitrogens with zero attached hydrogens (tertiary/aromatic N) is 2. The number of carboxylic acids is 1. The number of hydrogen-bond donors (Lipinski definition) is 2. The van der Waals surface area contributed by atoms with Gasteiger partial charge in [-0.15, -0.1) is 11.3 Å². The molecule has 0 aliphatic rings. The molecule has 0 bridgehead atoms. The number of aryl methyl sites for hydroxylation is 1. The maximum atomic E-state index is 12.8. The van der Waals surface area contributed by atoms with E-state index >= 15 is 0 Å².